The van der Waals surface area contributed by atoms with Crippen LogP contribution in [0.5, 0.6) is 0 Å². The maximum Gasteiger partial charge on any atom is 0.243 e. The van der Waals surface area contributed by atoms with Gasteiger partial charge in [-0.15, -0.1) is 11.3 Å². The standard InChI is InChI=1S/C14H18N2O2S2/c1-3-16(10-13-5-4-8-19-13)20(17,18)14-9-12(15)7-6-11(14)2/h4-9H,3,10,15H2,1-2H3. The van der Waals surface area contributed by atoms with Gasteiger partial charge >= 0.3 is 0 Å². The van der Waals surface area contributed by atoms with E-state index in [2.05, 4.69) is 0 Å². The first-order chi connectivity index (χ1) is 9.45. The second-order valence-electron chi connectivity index (χ2n) is 4.54. The first-order valence-corrected chi connectivity index (χ1v) is 8.65. The van der Waals surface area contributed by atoms with Crippen molar-refractivity contribution in [2.45, 2.75) is 25.3 Å². The summed E-state index contributed by atoms with van der Waals surface area (Å²) in [6.45, 7) is 4.44. The fourth-order valence-corrected chi connectivity index (χ4v) is 4.46. The third-order valence-corrected chi connectivity index (χ3v) is 6.02. The monoisotopic (exact) mass is 310 g/mol. The topological polar surface area (TPSA) is 63.4 Å². The van der Waals surface area contributed by atoms with E-state index in [1.807, 2.05) is 24.4 Å². The molecule has 0 bridgehead atoms. The fraction of sp³-hybridized carbons (Fsp3) is 0.286. The Labute approximate surface area is 123 Å². The van der Waals surface area contributed by atoms with Gasteiger partial charge in [0.2, 0.25) is 10.0 Å². The molecule has 1 aromatic carbocycles. The zero-order chi connectivity index (χ0) is 14.8. The molecule has 2 N–H and O–H groups in total. The summed E-state index contributed by atoms with van der Waals surface area (Å²) in [7, 11) is -3.52. The number of nitrogen functional groups attached to an aromatic ring is 1. The van der Waals surface area contributed by atoms with Gasteiger partial charge in [0.1, 0.15) is 0 Å². The van der Waals surface area contributed by atoms with Crippen molar-refractivity contribution in [2.75, 3.05) is 12.3 Å². The molecule has 6 heteroatoms. The number of hydrogen-bond donors (Lipinski definition) is 1. The Kier molecular flexibility index (Phi) is 4.47. The lowest BCUT2D eigenvalue weighted by atomic mass is 10.2. The molecule has 0 atom stereocenters. The lowest BCUT2D eigenvalue weighted by molar-refractivity contribution is 0.426. The molecule has 0 saturated carbocycles. The van der Waals surface area contributed by atoms with E-state index < -0.39 is 10.0 Å². The lowest BCUT2D eigenvalue weighted by Crippen LogP contribution is -2.30. The Morgan fingerprint density at radius 2 is 2.05 bits per heavy atom. The Bertz CT molecular complexity index is 679. The number of rotatable bonds is 5. The predicted molar refractivity (Wildman–Crippen MR) is 83.2 cm³/mol. The first-order valence-electron chi connectivity index (χ1n) is 6.34. The second kappa shape index (κ2) is 5.95. The highest BCUT2D eigenvalue weighted by Gasteiger charge is 2.25. The Balaban J connectivity index is 2.38. The molecule has 0 saturated heterocycles. The van der Waals surface area contributed by atoms with Crippen molar-refractivity contribution in [2.24, 2.45) is 0 Å². The van der Waals surface area contributed by atoms with Crippen LogP contribution in [-0.4, -0.2) is 19.3 Å². The third kappa shape index (κ3) is 3.03. The molecule has 2 aromatic rings. The van der Waals surface area contributed by atoms with Crippen molar-refractivity contribution in [3.05, 3.63) is 46.2 Å². The number of benzene rings is 1. The van der Waals surface area contributed by atoms with Crippen LogP contribution in [0.25, 0.3) is 0 Å². The van der Waals surface area contributed by atoms with Crippen LogP contribution >= 0.6 is 11.3 Å². The summed E-state index contributed by atoms with van der Waals surface area (Å²) in [5.41, 5.74) is 6.89. The number of aryl methyl sites for hydroxylation is 1. The Hall–Kier alpha value is -1.37. The van der Waals surface area contributed by atoms with Gasteiger partial charge < -0.3 is 5.73 Å². The fourth-order valence-electron chi connectivity index (χ4n) is 1.98. The Morgan fingerprint density at radius 1 is 1.30 bits per heavy atom. The van der Waals surface area contributed by atoms with Crippen molar-refractivity contribution < 1.29 is 8.42 Å². The molecule has 20 heavy (non-hydrogen) atoms. The molecule has 4 nitrogen and oxygen atoms in total. The van der Waals surface area contributed by atoms with E-state index in [-0.39, 0.29) is 4.90 Å². The van der Waals surface area contributed by atoms with E-state index in [0.29, 0.717) is 24.3 Å². The van der Waals surface area contributed by atoms with Crippen LogP contribution in [0.1, 0.15) is 17.4 Å². The Morgan fingerprint density at radius 3 is 2.65 bits per heavy atom. The lowest BCUT2D eigenvalue weighted by Gasteiger charge is -2.21. The molecule has 2 rings (SSSR count). The molecule has 1 aromatic heterocycles. The molecule has 0 radical (unpaired) electrons. The van der Waals surface area contributed by atoms with Gasteiger partial charge in [-0.05, 0) is 36.1 Å². The number of sulfonamides is 1. The quantitative estimate of drug-likeness (QED) is 0.864. The van der Waals surface area contributed by atoms with E-state index in [9.17, 15) is 8.42 Å². The average molecular weight is 310 g/mol. The molecule has 0 amide bonds. The highest BCUT2D eigenvalue weighted by Crippen LogP contribution is 2.24. The summed E-state index contributed by atoms with van der Waals surface area (Å²) in [5.74, 6) is 0. The summed E-state index contributed by atoms with van der Waals surface area (Å²) >= 11 is 1.55. The van der Waals surface area contributed by atoms with E-state index in [1.54, 1.807) is 30.4 Å². The van der Waals surface area contributed by atoms with Gasteiger partial charge in [-0.2, -0.15) is 4.31 Å². The van der Waals surface area contributed by atoms with Gasteiger partial charge in [-0.25, -0.2) is 8.42 Å². The molecule has 0 spiro atoms. The molecule has 1 heterocycles. The van der Waals surface area contributed by atoms with Crippen molar-refractivity contribution >= 4 is 27.0 Å². The molecule has 0 aliphatic rings. The summed E-state index contributed by atoms with van der Waals surface area (Å²) < 4.78 is 26.9. The van der Waals surface area contributed by atoms with E-state index in [4.69, 9.17) is 5.73 Å². The number of hydrogen-bond acceptors (Lipinski definition) is 4. The van der Waals surface area contributed by atoms with Gasteiger partial charge in [-0.1, -0.05) is 19.1 Å². The minimum atomic E-state index is -3.52. The predicted octanol–water partition coefficient (Wildman–Crippen LogP) is 2.85. The molecule has 0 fully saturated rings. The van der Waals surface area contributed by atoms with E-state index >= 15 is 0 Å². The van der Waals surface area contributed by atoms with Crippen LogP contribution in [0.3, 0.4) is 0 Å². The zero-order valence-corrected chi connectivity index (χ0v) is 13.2. The number of nitrogens with zero attached hydrogens (tertiary/aromatic N) is 1. The minimum absolute atomic E-state index is 0.288. The highest BCUT2D eigenvalue weighted by molar-refractivity contribution is 7.89. The molecular formula is C14H18N2O2S2. The number of anilines is 1. The summed E-state index contributed by atoms with van der Waals surface area (Å²) in [5, 5.41) is 1.95. The summed E-state index contributed by atoms with van der Waals surface area (Å²) in [6, 6.07) is 8.84. The molecule has 108 valence electrons. The van der Waals surface area contributed by atoms with Gasteiger partial charge in [0.05, 0.1) is 4.90 Å². The van der Waals surface area contributed by atoms with Crippen LogP contribution < -0.4 is 5.73 Å². The molecule has 0 aliphatic heterocycles. The van der Waals surface area contributed by atoms with Crippen LogP contribution in [0.15, 0.2) is 40.6 Å². The van der Waals surface area contributed by atoms with Crippen LogP contribution in [0, 0.1) is 6.92 Å². The van der Waals surface area contributed by atoms with Gasteiger partial charge in [0.15, 0.2) is 0 Å². The SMILES string of the molecule is CCN(Cc1cccs1)S(=O)(=O)c1cc(N)ccc1C. The van der Waals surface area contributed by atoms with Crippen molar-refractivity contribution in [1.29, 1.82) is 0 Å². The third-order valence-electron chi connectivity index (χ3n) is 3.10. The summed E-state index contributed by atoms with van der Waals surface area (Å²) in [6.07, 6.45) is 0. The highest BCUT2D eigenvalue weighted by atomic mass is 32.2. The number of nitrogens with two attached hydrogens (primary N) is 1. The molecule has 0 aliphatic carbocycles. The van der Waals surface area contributed by atoms with Gasteiger partial charge in [0.25, 0.3) is 0 Å². The molecule has 0 unspecified atom stereocenters. The van der Waals surface area contributed by atoms with E-state index in [1.165, 1.54) is 10.4 Å². The summed E-state index contributed by atoms with van der Waals surface area (Å²) in [4.78, 5) is 1.31. The normalized spacial score (nSPS) is 11.9. The maximum atomic E-state index is 12.7. The first kappa shape index (κ1) is 15.0. The average Bonchev–Trinajstić information content (AvgIpc) is 2.91. The second-order valence-corrected chi connectivity index (χ2v) is 7.47. The van der Waals surface area contributed by atoms with Crippen molar-refractivity contribution in [1.82, 2.24) is 4.31 Å². The zero-order valence-electron chi connectivity index (χ0n) is 11.5. The van der Waals surface area contributed by atoms with Crippen LogP contribution in [-0.2, 0) is 16.6 Å². The number of thiophene rings is 1. The largest absolute Gasteiger partial charge is 0.399 e. The van der Waals surface area contributed by atoms with Crippen molar-refractivity contribution in [3.8, 4) is 0 Å². The van der Waals surface area contributed by atoms with Gasteiger partial charge in [0, 0.05) is 23.7 Å². The van der Waals surface area contributed by atoms with Crippen molar-refractivity contribution in [3.63, 3.8) is 0 Å². The smallest absolute Gasteiger partial charge is 0.243 e. The van der Waals surface area contributed by atoms with E-state index in [0.717, 1.165) is 4.88 Å². The van der Waals surface area contributed by atoms with Crippen LogP contribution in [0.2, 0.25) is 0 Å². The maximum absolute atomic E-state index is 12.7. The minimum Gasteiger partial charge on any atom is -0.399 e. The van der Waals surface area contributed by atoms with Gasteiger partial charge in [-0.3, -0.25) is 0 Å². The molecular weight excluding hydrogens is 292 g/mol. The van der Waals surface area contributed by atoms with Crippen LogP contribution in [0.4, 0.5) is 5.69 Å².